The number of thioether (sulfide) groups is 1. The van der Waals surface area contributed by atoms with Crippen molar-refractivity contribution in [2.24, 2.45) is 5.92 Å². The predicted molar refractivity (Wildman–Crippen MR) is 93.2 cm³/mol. The van der Waals surface area contributed by atoms with Crippen molar-refractivity contribution in [3.63, 3.8) is 0 Å². The van der Waals surface area contributed by atoms with Crippen LogP contribution in [0.1, 0.15) is 38.2 Å². The SMILES string of the molecule is CSc1ccc(C[NH+](C)CC(=O)N[C@@H]2CCCC[C@H]2C)cc1. The number of quaternary nitrogens is 1. The fraction of sp³-hybridized carbons (Fsp3) is 0.611. The van der Waals surface area contributed by atoms with Crippen LogP contribution in [0.5, 0.6) is 0 Å². The molecule has 1 aromatic carbocycles. The van der Waals surface area contributed by atoms with E-state index in [9.17, 15) is 4.79 Å². The fourth-order valence-electron chi connectivity index (χ4n) is 3.22. The Morgan fingerprint density at radius 3 is 2.59 bits per heavy atom. The number of amides is 1. The molecule has 1 fully saturated rings. The van der Waals surface area contributed by atoms with Gasteiger partial charge in [0.1, 0.15) is 6.54 Å². The third-order valence-electron chi connectivity index (χ3n) is 4.59. The number of carbonyl (C=O) groups excluding carboxylic acids is 1. The Hall–Kier alpha value is -1.00. The van der Waals surface area contributed by atoms with E-state index in [0.717, 1.165) is 13.0 Å². The zero-order valence-electron chi connectivity index (χ0n) is 14.0. The van der Waals surface area contributed by atoms with Gasteiger partial charge in [0.15, 0.2) is 6.54 Å². The summed E-state index contributed by atoms with van der Waals surface area (Å²) in [5, 5.41) is 3.24. The lowest BCUT2D eigenvalue weighted by Crippen LogP contribution is -3.09. The molecule has 3 atom stereocenters. The maximum Gasteiger partial charge on any atom is 0.275 e. The molecule has 2 rings (SSSR count). The van der Waals surface area contributed by atoms with E-state index in [-0.39, 0.29) is 5.91 Å². The highest BCUT2D eigenvalue weighted by molar-refractivity contribution is 7.98. The Kier molecular flexibility index (Phi) is 6.77. The molecule has 4 heteroatoms. The number of carbonyl (C=O) groups is 1. The van der Waals surface area contributed by atoms with E-state index < -0.39 is 0 Å². The average Bonchev–Trinajstić information content (AvgIpc) is 2.50. The third-order valence-corrected chi connectivity index (χ3v) is 5.33. The second-order valence-corrected chi connectivity index (χ2v) is 7.47. The van der Waals surface area contributed by atoms with Crippen LogP contribution in [0.25, 0.3) is 0 Å². The minimum absolute atomic E-state index is 0.192. The van der Waals surface area contributed by atoms with Crippen LogP contribution in [0.15, 0.2) is 29.2 Å². The summed E-state index contributed by atoms with van der Waals surface area (Å²) in [4.78, 5) is 14.7. The van der Waals surface area contributed by atoms with Gasteiger partial charge in [0, 0.05) is 16.5 Å². The van der Waals surface area contributed by atoms with E-state index in [1.807, 2.05) is 0 Å². The van der Waals surface area contributed by atoms with Gasteiger partial charge < -0.3 is 10.2 Å². The van der Waals surface area contributed by atoms with Crippen LogP contribution in [0.3, 0.4) is 0 Å². The van der Waals surface area contributed by atoms with Gasteiger partial charge in [-0.05, 0) is 37.1 Å². The maximum atomic E-state index is 12.2. The molecule has 1 aliphatic carbocycles. The van der Waals surface area contributed by atoms with E-state index in [0.29, 0.717) is 18.5 Å². The molecule has 3 nitrogen and oxygen atoms in total. The van der Waals surface area contributed by atoms with Gasteiger partial charge in [-0.25, -0.2) is 0 Å². The molecule has 2 N–H and O–H groups in total. The Bertz CT molecular complexity index is 474. The minimum atomic E-state index is 0.192. The monoisotopic (exact) mass is 321 g/mol. The molecule has 0 spiro atoms. The van der Waals surface area contributed by atoms with E-state index in [1.165, 1.54) is 34.6 Å². The number of benzene rings is 1. The molecular weight excluding hydrogens is 292 g/mol. The van der Waals surface area contributed by atoms with Crippen molar-refractivity contribution in [3.8, 4) is 0 Å². The largest absolute Gasteiger partial charge is 0.348 e. The summed E-state index contributed by atoms with van der Waals surface area (Å²) in [7, 11) is 2.09. The van der Waals surface area contributed by atoms with Crippen molar-refractivity contribution < 1.29 is 9.69 Å². The van der Waals surface area contributed by atoms with Crippen LogP contribution in [-0.2, 0) is 11.3 Å². The summed E-state index contributed by atoms with van der Waals surface area (Å²) in [6.45, 7) is 3.70. The van der Waals surface area contributed by atoms with Gasteiger partial charge >= 0.3 is 0 Å². The number of nitrogens with one attached hydrogen (secondary N) is 2. The molecule has 1 amide bonds. The van der Waals surface area contributed by atoms with Gasteiger partial charge in [-0.15, -0.1) is 11.8 Å². The molecule has 1 aromatic rings. The van der Waals surface area contributed by atoms with Gasteiger partial charge in [0.25, 0.3) is 5.91 Å². The first-order valence-electron chi connectivity index (χ1n) is 8.32. The lowest BCUT2D eigenvalue weighted by molar-refractivity contribution is -0.885. The molecule has 122 valence electrons. The Morgan fingerprint density at radius 1 is 1.27 bits per heavy atom. The third kappa shape index (κ3) is 5.33. The average molecular weight is 322 g/mol. The van der Waals surface area contributed by atoms with Gasteiger partial charge in [-0.2, -0.15) is 0 Å². The van der Waals surface area contributed by atoms with Crippen LogP contribution in [0.2, 0.25) is 0 Å². The zero-order valence-corrected chi connectivity index (χ0v) is 14.8. The van der Waals surface area contributed by atoms with Crippen molar-refractivity contribution >= 4 is 17.7 Å². The van der Waals surface area contributed by atoms with Crippen molar-refractivity contribution in [3.05, 3.63) is 29.8 Å². The molecule has 1 saturated carbocycles. The molecule has 0 aromatic heterocycles. The first kappa shape index (κ1) is 17.4. The molecule has 0 saturated heterocycles. The lowest BCUT2D eigenvalue weighted by atomic mass is 9.86. The van der Waals surface area contributed by atoms with Gasteiger partial charge in [-0.3, -0.25) is 4.79 Å². The summed E-state index contributed by atoms with van der Waals surface area (Å²) in [6.07, 6.45) is 7.03. The molecule has 1 unspecified atom stereocenters. The molecule has 0 heterocycles. The molecular formula is C18H29N2OS+. The minimum Gasteiger partial charge on any atom is -0.348 e. The van der Waals surface area contributed by atoms with Crippen LogP contribution in [0.4, 0.5) is 0 Å². The number of rotatable bonds is 6. The second-order valence-electron chi connectivity index (χ2n) is 6.59. The maximum absolute atomic E-state index is 12.2. The van der Waals surface area contributed by atoms with E-state index in [4.69, 9.17) is 0 Å². The van der Waals surface area contributed by atoms with Crippen LogP contribution < -0.4 is 10.2 Å². The van der Waals surface area contributed by atoms with Crippen molar-refractivity contribution in [2.75, 3.05) is 19.8 Å². The molecule has 0 radical (unpaired) electrons. The molecule has 0 bridgehead atoms. The van der Waals surface area contributed by atoms with Gasteiger partial charge in [0.05, 0.1) is 7.05 Å². The van der Waals surface area contributed by atoms with Gasteiger partial charge in [-0.1, -0.05) is 31.9 Å². The first-order chi connectivity index (χ1) is 10.6. The zero-order chi connectivity index (χ0) is 15.9. The molecule has 22 heavy (non-hydrogen) atoms. The lowest BCUT2D eigenvalue weighted by Gasteiger charge is -2.29. The topological polar surface area (TPSA) is 33.5 Å². The quantitative estimate of drug-likeness (QED) is 0.787. The summed E-state index contributed by atoms with van der Waals surface area (Å²) in [5.41, 5.74) is 1.29. The Morgan fingerprint density at radius 2 is 1.95 bits per heavy atom. The number of hydrogen-bond acceptors (Lipinski definition) is 2. The molecule has 1 aliphatic rings. The fourth-order valence-corrected chi connectivity index (χ4v) is 3.63. The highest BCUT2D eigenvalue weighted by Gasteiger charge is 2.23. The summed E-state index contributed by atoms with van der Waals surface area (Å²) in [5.74, 6) is 0.814. The van der Waals surface area contributed by atoms with Crippen molar-refractivity contribution in [1.29, 1.82) is 0 Å². The van der Waals surface area contributed by atoms with Crippen LogP contribution in [0, 0.1) is 5.92 Å². The summed E-state index contributed by atoms with van der Waals surface area (Å²) < 4.78 is 0. The van der Waals surface area contributed by atoms with Crippen molar-refractivity contribution in [2.45, 2.75) is 50.1 Å². The summed E-state index contributed by atoms with van der Waals surface area (Å²) >= 11 is 1.76. The van der Waals surface area contributed by atoms with Crippen molar-refractivity contribution in [1.82, 2.24) is 5.32 Å². The first-order valence-corrected chi connectivity index (χ1v) is 9.54. The van der Waals surface area contributed by atoms with E-state index in [2.05, 4.69) is 49.8 Å². The normalized spacial score (nSPS) is 23.0. The predicted octanol–water partition coefficient (Wildman–Crippen LogP) is 2.12. The van der Waals surface area contributed by atoms with Crippen LogP contribution in [-0.4, -0.2) is 31.8 Å². The highest BCUT2D eigenvalue weighted by Crippen LogP contribution is 2.23. The van der Waals surface area contributed by atoms with E-state index >= 15 is 0 Å². The summed E-state index contributed by atoms with van der Waals surface area (Å²) in [6, 6.07) is 9.01. The number of likely N-dealkylation sites (N-methyl/N-ethyl adjacent to an activating group) is 1. The smallest absolute Gasteiger partial charge is 0.275 e. The second kappa shape index (κ2) is 8.59. The Labute approximate surface area is 138 Å². The highest BCUT2D eigenvalue weighted by atomic mass is 32.2. The van der Waals surface area contributed by atoms with Crippen LogP contribution >= 0.6 is 11.8 Å². The number of hydrogen-bond donors (Lipinski definition) is 2. The van der Waals surface area contributed by atoms with E-state index in [1.54, 1.807) is 11.8 Å². The Balaban J connectivity index is 1.77. The standard InChI is InChI=1S/C18H28N2OS/c1-14-6-4-5-7-17(14)19-18(21)13-20(2)12-15-8-10-16(22-3)11-9-15/h8-11,14,17H,4-7,12-13H2,1-3H3,(H,19,21)/p+1/t14-,17-/m1/s1. The van der Waals surface area contributed by atoms with Gasteiger partial charge in [0.2, 0.25) is 0 Å². The molecule has 0 aliphatic heterocycles.